The van der Waals surface area contributed by atoms with E-state index < -0.39 is 17.5 Å². The Morgan fingerprint density at radius 3 is 2.18 bits per heavy atom. The molecule has 0 atom stereocenters. The van der Waals surface area contributed by atoms with E-state index in [4.69, 9.17) is 0 Å². The first kappa shape index (κ1) is 14.5. The van der Waals surface area contributed by atoms with Crippen molar-refractivity contribution in [3.63, 3.8) is 0 Å². The van der Waals surface area contributed by atoms with Crippen LogP contribution < -0.4 is 5.32 Å². The molecule has 1 amide bonds. The summed E-state index contributed by atoms with van der Waals surface area (Å²) < 4.78 is 36.1. The number of carbonyl (C=O) groups excluding carboxylic acids is 2. The van der Waals surface area contributed by atoms with Gasteiger partial charge < -0.3 is 5.32 Å². The van der Waals surface area contributed by atoms with Gasteiger partial charge in [-0.25, -0.2) is 0 Å². The SMILES string of the molecule is O=C(NCC1(C(=O)CBr)CCCC1)C(F)(F)F. The number of halogens is 4. The van der Waals surface area contributed by atoms with Crippen LogP contribution in [0, 0.1) is 5.41 Å². The molecular weight excluding hydrogens is 303 g/mol. The van der Waals surface area contributed by atoms with Crippen molar-refractivity contribution in [3.05, 3.63) is 0 Å². The van der Waals surface area contributed by atoms with Crippen molar-refractivity contribution in [2.24, 2.45) is 5.41 Å². The van der Waals surface area contributed by atoms with E-state index in [1.165, 1.54) is 0 Å². The summed E-state index contributed by atoms with van der Waals surface area (Å²) in [6.07, 6.45) is -2.20. The fourth-order valence-electron chi connectivity index (χ4n) is 2.10. The zero-order chi connectivity index (χ0) is 13.1. The Labute approximate surface area is 105 Å². The molecule has 0 aromatic heterocycles. The van der Waals surface area contributed by atoms with Crippen molar-refractivity contribution >= 4 is 27.6 Å². The van der Waals surface area contributed by atoms with Crippen LogP contribution in [0.3, 0.4) is 0 Å². The van der Waals surface area contributed by atoms with Crippen LogP contribution in [0.1, 0.15) is 25.7 Å². The largest absolute Gasteiger partial charge is 0.471 e. The number of carbonyl (C=O) groups is 2. The summed E-state index contributed by atoms with van der Waals surface area (Å²) in [6, 6.07) is 0. The van der Waals surface area contributed by atoms with E-state index in [-0.39, 0.29) is 17.7 Å². The normalized spacial score (nSPS) is 19.1. The molecule has 17 heavy (non-hydrogen) atoms. The third-order valence-electron chi connectivity index (χ3n) is 3.12. The van der Waals surface area contributed by atoms with E-state index in [0.717, 1.165) is 12.8 Å². The zero-order valence-electron chi connectivity index (χ0n) is 9.07. The van der Waals surface area contributed by atoms with Crippen molar-refractivity contribution in [3.8, 4) is 0 Å². The summed E-state index contributed by atoms with van der Waals surface area (Å²) >= 11 is 3.02. The van der Waals surface area contributed by atoms with Gasteiger partial charge in [0.25, 0.3) is 0 Å². The molecule has 1 aliphatic rings. The molecule has 0 aliphatic heterocycles. The Balaban J connectivity index is 2.63. The Hall–Kier alpha value is -0.590. The maximum absolute atomic E-state index is 12.0. The van der Waals surface area contributed by atoms with Gasteiger partial charge in [0.15, 0.2) is 5.78 Å². The van der Waals surface area contributed by atoms with Gasteiger partial charge in [-0.2, -0.15) is 13.2 Å². The van der Waals surface area contributed by atoms with Crippen LogP contribution in [0.4, 0.5) is 13.2 Å². The molecule has 0 aromatic rings. The van der Waals surface area contributed by atoms with Gasteiger partial charge in [-0.3, -0.25) is 9.59 Å². The fraction of sp³-hybridized carbons (Fsp3) is 0.800. The molecule has 0 spiro atoms. The van der Waals surface area contributed by atoms with Crippen molar-refractivity contribution in [1.29, 1.82) is 0 Å². The lowest BCUT2D eigenvalue weighted by Crippen LogP contribution is -2.46. The third kappa shape index (κ3) is 3.43. The second-order valence-electron chi connectivity index (χ2n) is 4.22. The Bertz CT molecular complexity index is 311. The quantitative estimate of drug-likeness (QED) is 0.808. The second-order valence-corrected chi connectivity index (χ2v) is 4.79. The van der Waals surface area contributed by atoms with Gasteiger partial charge in [0.2, 0.25) is 0 Å². The highest BCUT2D eigenvalue weighted by Crippen LogP contribution is 2.39. The number of hydrogen-bond acceptors (Lipinski definition) is 2. The molecule has 0 radical (unpaired) electrons. The average molecular weight is 316 g/mol. The van der Waals surface area contributed by atoms with Crippen LogP contribution in [-0.4, -0.2) is 29.7 Å². The van der Waals surface area contributed by atoms with Gasteiger partial charge in [-0.1, -0.05) is 28.8 Å². The summed E-state index contributed by atoms with van der Waals surface area (Å²) in [5.41, 5.74) is -0.815. The third-order valence-corrected chi connectivity index (χ3v) is 3.63. The minimum absolute atomic E-state index is 0.106. The number of alkyl halides is 4. The zero-order valence-corrected chi connectivity index (χ0v) is 10.7. The van der Waals surface area contributed by atoms with Gasteiger partial charge in [-0.05, 0) is 12.8 Å². The molecule has 1 fully saturated rings. The maximum atomic E-state index is 12.0. The maximum Gasteiger partial charge on any atom is 0.471 e. The Morgan fingerprint density at radius 1 is 1.24 bits per heavy atom. The highest BCUT2D eigenvalue weighted by atomic mass is 79.9. The summed E-state index contributed by atoms with van der Waals surface area (Å²) in [5.74, 6) is -2.12. The lowest BCUT2D eigenvalue weighted by molar-refractivity contribution is -0.174. The molecule has 0 unspecified atom stereocenters. The van der Waals surface area contributed by atoms with Crippen LogP contribution in [0.25, 0.3) is 0 Å². The molecule has 3 nitrogen and oxygen atoms in total. The van der Waals surface area contributed by atoms with E-state index in [1.807, 2.05) is 5.32 Å². The first-order chi connectivity index (χ1) is 7.82. The number of amides is 1. The van der Waals surface area contributed by atoms with Crippen molar-refractivity contribution in [1.82, 2.24) is 5.32 Å². The van der Waals surface area contributed by atoms with Crippen molar-refractivity contribution in [2.45, 2.75) is 31.9 Å². The molecule has 0 bridgehead atoms. The predicted octanol–water partition coefficient (Wildman–Crippen LogP) is 2.19. The molecule has 1 N–H and O–H groups in total. The summed E-state index contributed by atoms with van der Waals surface area (Å²) in [5, 5.41) is 1.92. The second kappa shape index (κ2) is 5.37. The molecule has 1 aliphatic carbocycles. The predicted molar refractivity (Wildman–Crippen MR) is 58.8 cm³/mol. The number of ketones is 1. The monoisotopic (exact) mass is 315 g/mol. The van der Waals surface area contributed by atoms with Gasteiger partial charge >= 0.3 is 12.1 Å². The van der Waals surface area contributed by atoms with Crippen LogP contribution in [0.5, 0.6) is 0 Å². The molecule has 0 heterocycles. The van der Waals surface area contributed by atoms with E-state index in [1.54, 1.807) is 0 Å². The molecule has 1 saturated carbocycles. The first-order valence-corrected chi connectivity index (χ1v) is 6.38. The molecule has 98 valence electrons. The van der Waals surface area contributed by atoms with Crippen LogP contribution in [-0.2, 0) is 9.59 Å². The lowest BCUT2D eigenvalue weighted by atomic mass is 9.82. The van der Waals surface area contributed by atoms with Gasteiger partial charge in [0, 0.05) is 12.0 Å². The van der Waals surface area contributed by atoms with Gasteiger partial charge in [0.05, 0.1) is 5.33 Å². The van der Waals surface area contributed by atoms with Crippen molar-refractivity contribution < 1.29 is 22.8 Å². The fourth-order valence-corrected chi connectivity index (χ4v) is 2.69. The summed E-state index contributed by atoms with van der Waals surface area (Å²) in [7, 11) is 0. The molecule has 0 aromatic carbocycles. The molecule has 0 saturated heterocycles. The van der Waals surface area contributed by atoms with E-state index in [0.29, 0.717) is 12.8 Å². The van der Waals surface area contributed by atoms with Crippen molar-refractivity contribution in [2.75, 3.05) is 11.9 Å². The van der Waals surface area contributed by atoms with Crippen LogP contribution >= 0.6 is 15.9 Å². The van der Waals surface area contributed by atoms with E-state index >= 15 is 0 Å². The molecule has 7 heteroatoms. The number of Topliss-reactive ketones (excluding diaryl/α,β-unsaturated/α-hetero) is 1. The minimum atomic E-state index is -4.89. The topological polar surface area (TPSA) is 46.2 Å². The lowest BCUT2D eigenvalue weighted by Gasteiger charge is -2.27. The number of nitrogens with one attached hydrogen (secondary N) is 1. The van der Waals surface area contributed by atoms with Crippen LogP contribution in [0.15, 0.2) is 0 Å². The smallest absolute Gasteiger partial charge is 0.347 e. The summed E-state index contributed by atoms with van der Waals surface area (Å²) in [6.45, 7) is -0.226. The minimum Gasteiger partial charge on any atom is -0.347 e. The van der Waals surface area contributed by atoms with Crippen LogP contribution in [0.2, 0.25) is 0 Å². The Morgan fingerprint density at radius 2 is 1.76 bits per heavy atom. The highest BCUT2D eigenvalue weighted by molar-refractivity contribution is 9.09. The Kier molecular flexibility index (Phi) is 4.57. The van der Waals surface area contributed by atoms with Gasteiger partial charge in [0.1, 0.15) is 0 Å². The highest BCUT2D eigenvalue weighted by Gasteiger charge is 2.44. The average Bonchev–Trinajstić information content (AvgIpc) is 2.73. The van der Waals surface area contributed by atoms with E-state index in [9.17, 15) is 22.8 Å². The van der Waals surface area contributed by atoms with Gasteiger partial charge in [-0.15, -0.1) is 0 Å². The summed E-state index contributed by atoms with van der Waals surface area (Å²) in [4.78, 5) is 22.4. The molecular formula is C10H13BrF3NO2. The number of rotatable bonds is 4. The first-order valence-electron chi connectivity index (χ1n) is 5.26. The van der Waals surface area contributed by atoms with E-state index in [2.05, 4.69) is 15.9 Å². The standard InChI is InChI=1S/C10H13BrF3NO2/c11-5-7(16)9(3-1-2-4-9)6-15-8(17)10(12,13)14/h1-6H2,(H,15,17). The molecule has 1 rings (SSSR count). The number of hydrogen-bond donors (Lipinski definition) is 1.